The van der Waals surface area contributed by atoms with Crippen LogP contribution in [0.1, 0.15) is 26.7 Å². The predicted octanol–water partition coefficient (Wildman–Crippen LogP) is 6.44. The number of benzene rings is 3. The van der Waals surface area contributed by atoms with Crippen LogP contribution in [0.15, 0.2) is 78.6 Å². The van der Waals surface area contributed by atoms with Gasteiger partial charge in [0.1, 0.15) is 0 Å². The first-order chi connectivity index (χ1) is 14.0. The third-order valence-corrected chi connectivity index (χ3v) is 9.15. The molecule has 2 saturated heterocycles. The molecule has 2 aliphatic rings. The van der Waals surface area contributed by atoms with Crippen LogP contribution in [0.2, 0.25) is 0 Å². The van der Waals surface area contributed by atoms with Crippen molar-refractivity contribution in [2.45, 2.75) is 37.6 Å². The third-order valence-electron chi connectivity index (χ3n) is 6.12. The van der Waals surface area contributed by atoms with Crippen LogP contribution >= 0.6 is 7.92 Å². The van der Waals surface area contributed by atoms with Crippen molar-refractivity contribution in [2.75, 3.05) is 13.2 Å². The molecule has 29 heavy (non-hydrogen) atoms. The average Bonchev–Trinajstić information content (AvgIpc) is 3.13. The summed E-state index contributed by atoms with van der Waals surface area (Å²) in [6.07, 6.45) is 1.71. The van der Waals surface area contributed by atoms with E-state index in [2.05, 4.69) is 87.2 Å². The van der Waals surface area contributed by atoms with E-state index in [-0.39, 0.29) is 5.16 Å². The van der Waals surface area contributed by atoms with Gasteiger partial charge in [-0.15, -0.1) is 0 Å². The van der Waals surface area contributed by atoms with Gasteiger partial charge in [-0.1, -0.05) is 81.1 Å². The normalized spacial score (nSPS) is 23.0. The topological polar surface area (TPSA) is 18.5 Å². The van der Waals surface area contributed by atoms with Crippen LogP contribution in [-0.2, 0) is 9.47 Å². The van der Waals surface area contributed by atoms with Crippen LogP contribution < -0.4 is 5.30 Å². The molecule has 148 valence electrons. The molecule has 3 aromatic carbocycles. The fourth-order valence-electron chi connectivity index (χ4n) is 5.09. The van der Waals surface area contributed by atoms with Crippen LogP contribution in [0, 0.1) is 0 Å². The molecule has 3 heteroatoms. The zero-order valence-corrected chi connectivity index (χ0v) is 18.0. The van der Waals surface area contributed by atoms with Gasteiger partial charge in [0.15, 0.2) is 5.79 Å². The summed E-state index contributed by atoms with van der Waals surface area (Å²) in [5.74, 6) is -0.461. The summed E-state index contributed by atoms with van der Waals surface area (Å²) in [6, 6.07) is 24.2. The van der Waals surface area contributed by atoms with Crippen molar-refractivity contribution in [1.29, 1.82) is 0 Å². The molecule has 0 aliphatic carbocycles. The van der Waals surface area contributed by atoms with Gasteiger partial charge >= 0.3 is 0 Å². The highest BCUT2D eigenvalue weighted by Gasteiger charge is 2.51. The Hall–Kier alpha value is -1.99. The van der Waals surface area contributed by atoms with E-state index in [1.165, 1.54) is 32.5 Å². The molecular formula is C26H27O2P. The van der Waals surface area contributed by atoms with E-state index in [0.29, 0.717) is 13.2 Å². The number of hydrogen-bond acceptors (Lipinski definition) is 2. The molecule has 1 atom stereocenters. The Morgan fingerprint density at radius 3 is 2.31 bits per heavy atom. The van der Waals surface area contributed by atoms with Crippen molar-refractivity contribution in [3.8, 4) is 11.1 Å². The molecule has 0 amide bonds. The lowest BCUT2D eigenvalue weighted by Gasteiger charge is -2.48. The van der Waals surface area contributed by atoms with Crippen LogP contribution in [0.5, 0.6) is 0 Å². The molecule has 0 aromatic heterocycles. The van der Waals surface area contributed by atoms with Crippen LogP contribution in [0.25, 0.3) is 21.9 Å². The Kier molecular flexibility index (Phi) is 4.62. The van der Waals surface area contributed by atoms with Crippen molar-refractivity contribution in [1.82, 2.24) is 0 Å². The molecule has 5 rings (SSSR count). The van der Waals surface area contributed by atoms with E-state index in [4.69, 9.17) is 9.47 Å². The van der Waals surface area contributed by atoms with Gasteiger partial charge < -0.3 is 9.47 Å². The van der Waals surface area contributed by atoms with E-state index in [1.54, 1.807) is 0 Å². The highest BCUT2D eigenvalue weighted by Crippen LogP contribution is 2.65. The van der Waals surface area contributed by atoms with E-state index in [1.807, 2.05) is 0 Å². The molecule has 3 aromatic rings. The summed E-state index contributed by atoms with van der Waals surface area (Å²) in [7, 11) is -0.555. The van der Waals surface area contributed by atoms with Crippen LogP contribution in [0.3, 0.4) is 0 Å². The van der Waals surface area contributed by atoms with E-state index in [0.717, 1.165) is 12.8 Å². The first kappa shape index (κ1) is 19.0. The maximum atomic E-state index is 6.06. The van der Waals surface area contributed by atoms with Gasteiger partial charge in [0.25, 0.3) is 0 Å². The molecule has 2 nitrogen and oxygen atoms in total. The molecule has 2 aliphatic heterocycles. The van der Waals surface area contributed by atoms with E-state index < -0.39 is 13.7 Å². The minimum atomic E-state index is -0.555. The lowest BCUT2D eigenvalue weighted by molar-refractivity contribution is -0.165. The fraction of sp³-hybridized carbons (Fsp3) is 0.308. The Labute approximate surface area is 174 Å². The number of rotatable bonds is 2. The van der Waals surface area contributed by atoms with Crippen molar-refractivity contribution < 1.29 is 9.47 Å². The standard InChI is InChI=1S/C26H27O2P/c1-19-17-26(27-14-15-28-26)18-25(2,3)29(19)24-11-7-6-10-23(24)22-13-12-20-8-4-5-9-21(20)16-22/h4-13,16H,1,14-15,17-18H2,2-3H3. The second-order valence-electron chi connectivity index (χ2n) is 8.75. The molecule has 0 N–H and O–H groups in total. The highest BCUT2D eigenvalue weighted by atomic mass is 31.1. The number of fused-ring (bicyclic) bond motifs is 1. The first-order valence-electron chi connectivity index (χ1n) is 10.3. The van der Waals surface area contributed by atoms with Crippen molar-refractivity contribution in [3.63, 3.8) is 0 Å². The maximum absolute atomic E-state index is 6.06. The van der Waals surface area contributed by atoms with Crippen molar-refractivity contribution in [3.05, 3.63) is 78.6 Å². The largest absolute Gasteiger partial charge is 0.347 e. The quantitative estimate of drug-likeness (QED) is 0.459. The van der Waals surface area contributed by atoms with Gasteiger partial charge in [0, 0.05) is 12.8 Å². The van der Waals surface area contributed by atoms with Gasteiger partial charge in [-0.3, -0.25) is 0 Å². The average molecular weight is 402 g/mol. The van der Waals surface area contributed by atoms with E-state index in [9.17, 15) is 0 Å². The second kappa shape index (κ2) is 7.06. The monoisotopic (exact) mass is 402 g/mol. The molecule has 1 spiro atoms. The Morgan fingerprint density at radius 2 is 1.55 bits per heavy atom. The molecular weight excluding hydrogens is 375 g/mol. The molecule has 2 heterocycles. The van der Waals surface area contributed by atoms with Gasteiger partial charge in [0.2, 0.25) is 0 Å². The zero-order valence-electron chi connectivity index (χ0n) is 17.2. The summed E-state index contributed by atoms with van der Waals surface area (Å²) in [5, 5.41) is 5.30. The van der Waals surface area contributed by atoms with Crippen molar-refractivity contribution >= 4 is 24.0 Å². The minimum Gasteiger partial charge on any atom is -0.347 e. The highest BCUT2D eigenvalue weighted by molar-refractivity contribution is 7.71. The number of ether oxygens (including phenoxy) is 2. The minimum absolute atomic E-state index is 0.0575. The Morgan fingerprint density at radius 1 is 0.862 bits per heavy atom. The smallest absolute Gasteiger partial charge is 0.173 e. The van der Waals surface area contributed by atoms with Crippen LogP contribution in [-0.4, -0.2) is 24.2 Å². The Balaban J connectivity index is 1.59. The second-order valence-corrected chi connectivity index (χ2v) is 11.8. The first-order valence-corrected chi connectivity index (χ1v) is 11.7. The molecule has 1 unspecified atom stereocenters. The number of hydrogen-bond donors (Lipinski definition) is 0. The molecule has 2 fully saturated rings. The van der Waals surface area contributed by atoms with Gasteiger partial charge in [-0.25, -0.2) is 0 Å². The summed E-state index contributed by atoms with van der Waals surface area (Å²) in [4.78, 5) is 0. The Bertz CT molecular complexity index is 1080. The van der Waals surface area contributed by atoms with Gasteiger partial charge in [0.05, 0.1) is 13.2 Å². The van der Waals surface area contributed by atoms with Gasteiger partial charge in [-0.2, -0.15) is 0 Å². The summed E-state index contributed by atoms with van der Waals surface area (Å²) < 4.78 is 12.1. The summed E-state index contributed by atoms with van der Waals surface area (Å²) in [6.45, 7) is 10.6. The summed E-state index contributed by atoms with van der Waals surface area (Å²) in [5.41, 5.74) is 2.60. The predicted molar refractivity (Wildman–Crippen MR) is 123 cm³/mol. The summed E-state index contributed by atoms with van der Waals surface area (Å²) >= 11 is 0. The lowest BCUT2D eigenvalue weighted by atomic mass is 9.97. The van der Waals surface area contributed by atoms with Crippen molar-refractivity contribution in [2.24, 2.45) is 0 Å². The lowest BCUT2D eigenvalue weighted by Crippen LogP contribution is -2.44. The van der Waals surface area contributed by atoms with Gasteiger partial charge in [-0.05, 0) is 51.7 Å². The third kappa shape index (κ3) is 3.34. The maximum Gasteiger partial charge on any atom is 0.173 e. The molecule has 0 bridgehead atoms. The molecule has 0 radical (unpaired) electrons. The SMILES string of the molecule is C=C1CC2(CC(C)(C)P1c1ccccc1-c1ccc3ccccc3c1)OCCO2. The van der Waals surface area contributed by atoms with Crippen LogP contribution in [0.4, 0.5) is 0 Å². The molecule has 0 saturated carbocycles. The zero-order chi connectivity index (χ0) is 20.1. The fourth-order valence-corrected chi connectivity index (χ4v) is 8.41. The van der Waals surface area contributed by atoms with E-state index >= 15 is 0 Å².